The number of hydrogen-bond donors (Lipinski definition) is 1. The second kappa shape index (κ2) is 6.95. The quantitative estimate of drug-likeness (QED) is 0.923. The van der Waals surface area contributed by atoms with E-state index >= 15 is 0 Å². The molecule has 1 saturated heterocycles. The van der Waals surface area contributed by atoms with Crippen LogP contribution in [0.1, 0.15) is 18.0 Å². The van der Waals surface area contributed by atoms with E-state index in [9.17, 15) is 4.79 Å². The third-order valence-corrected chi connectivity index (χ3v) is 4.18. The maximum Gasteiger partial charge on any atom is 0.142 e. The number of rotatable bonds is 4. The molecule has 1 N–H and O–H groups in total. The van der Waals surface area contributed by atoms with Gasteiger partial charge in [-0.2, -0.15) is 0 Å². The molecule has 0 aromatic heterocycles. The smallest absolute Gasteiger partial charge is 0.142 e. The van der Waals surface area contributed by atoms with Gasteiger partial charge in [-0.05, 0) is 29.8 Å². The van der Waals surface area contributed by atoms with Crippen molar-refractivity contribution in [3.63, 3.8) is 0 Å². The Morgan fingerprint density at radius 2 is 1.82 bits per heavy atom. The van der Waals surface area contributed by atoms with Crippen molar-refractivity contribution in [2.75, 3.05) is 18.5 Å². The van der Waals surface area contributed by atoms with Crippen LogP contribution in [-0.4, -0.2) is 19.0 Å². The molecule has 0 radical (unpaired) electrons. The molecule has 2 aromatic rings. The van der Waals surface area contributed by atoms with Crippen LogP contribution in [0, 0.1) is 5.92 Å². The molecule has 0 amide bonds. The molecule has 114 valence electrons. The van der Waals surface area contributed by atoms with Crippen LogP contribution in [0.4, 0.5) is 5.69 Å². The number of carbonyl (C=O) groups is 1. The van der Waals surface area contributed by atoms with Gasteiger partial charge in [0.25, 0.3) is 0 Å². The number of nitrogens with one attached hydrogen (secondary N) is 1. The van der Waals surface area contributed by atoms with Crippen molar-refractivity contribution in [3.8, 4) is 0 Å². The zero-order valence-corrected chi connectivity index (χ0v) is 12.9. The number of halogens is 1. The highest BCUT2D eigenvalue weighted by atomic mass is 35.5. The molecule has 1 aliphatic rings. The number of carbonyl (C=O) groups excluding carboxylic acids is 1. The topological polar surface area (TPSA) is 38.3 Å². The van der Waals surface area contributed by atoms with Gasteiger partial charge in [-0.15, -0.1) is 0 Å². The van der Waals surface area contributed by atoms with Gasteiger partial charge in [0.1, 0.15) is 5.78 Å². The Kier molecular flexibility index (Phi) is 4.76. The van der Waals surface area contributed by atoms with E-state index in [1.54, 1.807) is 0 Å². The molecule has 2 aromatic carbocycles. The van der Waals surface area contributed by atoms with Crippen molar-refractivity contribution in [1.29, 1.82) is 0 Å². The fraction of sp³-hybridized carbons (Fsp3) is 0.278. The van der Waals surface area contributed by atoms with Crippen molar-refractivity contribution in [1.82, 2.24) is 0 Å². The molecule has 0 aliphatic carbocycles. The van der Waals surface area contributed by atoms with Gasteiger partial charge < -0.3 is 10.1 Å². The highest BCUT2D eigenvalue weighted by molar-refractivity contribution is 6.30. The standard InChI is InChI=1S/C18H18ClNO2/c19-14-8-6-13(7-9-14)18(16-12-22-11-10-17(16)21)20-15-4-2-1-3-5-15/h1-9,16,18,20H,10-12H2. The van der Waals surface area contributed by atoms with Crippen LogP contribution in [0.15, 0.2) is 54.6 Å². The number of hydrogen-bond acceptors (Lipinski definition) is 3. The summed E-state index contributed by atoms with van der Waals surface area (Å²) in [6.07, 6.45) is 0.477. The first-order valence-electron chi connectivity index (χ1n) is 7.41. The maximum absolute atomic E-state index is 12.3. The third kappa shape index (κ3) is 3.49. The molecule has 2 unspecified atom stereocenters. The van der Waals surface area contributed by atoms with Crippen LogP contribution in [-0.2, 0) is 9.53 Å². The maximum atomic E-state index is 12.3. The molecular weight excluding hydrogens is 298 g/mol. The molecule has 1 fully saturated rings. The average molecular weight is 316 g/mol. The van der Waals surface area contributed by atoms with Gasteiger partial charge in [0.2, 0.25) is 0 Å². The Labute approximate surface area is 135 Å². The van der Waals surface area contributed by atoms with E-state index in [0.717, 1.165) is 11.3 Å². The summed E-state index contributed by atoms with van der Waals surface area (Å²) in [6, 6.07) is 17.4. The van der Waals surface area contributed by atoms with Crippen LogP contribution in [0.2, 0.25) is 5.02 Å². The molecule has 0 saturated carbocycles. The van der Waals surface area contributed by atoms with Gasteiger partial charge in [0, 0.05) is 17.1 Å². The molecule has 2 atom stereocenters. The van der Waals surface area contributed by atoms with Gasteiger partial charge in [0.05, 0.1) is 25.2 Å². The summed E-state index contributed by atoms with van der Waals surface area (Å²) in [5.41, 5.74) is 2.03. The van der Waals surface area contributed by atoms with Crippen molar-refractivity contribution >= 4 is 23.1 Å². The molecule has 1 aliphatic heterocycles. The number of anilines is 1. The first-order chi connectivity index (χ1) is 10.7. The van der Waals surface area contributed by atoms with Crippen molar-refractivity contribution in [2.24, 2.45) is 5.92 Å². The van der Waals surface area contributed by atoms with Crippen LogP contribution in [0.5, 0.6) is 0 Å². The Morgan fingerprint density at radius 3 is 2.50 bits per heavy atom. The van der Waals surface area contributed by atoms with Crippen LogP contribution < -0.4 is 5.32 Å². The van der Waals surface area contributed by atoms with Gasteiger partial charge in [-0.1, -0.05) is 41.9 Å². The molecule has 22 heavy (non-hydrogen) atoms. The monoisotopic (exact) mass is 315 g/mol. The molecule has 3 nitrogen and oxygen atoms in total. The van der Waals surface area contributed by atoms with Gasteiger partial charge in [-0.3, -0.25) is 4.79 Å². The highest BCUT2D eigenvalue weighted by Gasteiger charge is 2.32. The van der Waals surface area contributed by atoms with Gasteiger partial charge in [-0.25, -0.2) is 0 Å². The first kappa shape index (κ1) is 15.1. The summed E-state index contributed by atoms with van der Waals surface area (Å²) >= 11 is 5.98. The summed E-state index contributed by atoms with van der Waals surface area (Å²) < 4.78 is 5.53. The second-order valence-corrected chi connectivity index (χ2v) is 5.87. The Morgan fingerprint density at radius 1 is 1.09 bits per heavy atom. The van der Waals surface area contributed by atoms with Gasteiger partial charge >= 0.3 is 0 Å². The van der Waals surface area contributed by atoms with E-state index in [-0.39, 0.29) is 17.7 Å². The summed E-state index contributed by atoms with van der Waals surface area (Å²) in [6.45, 7) is 0.972. The normalized spacial score (nSPS) is 19.7. The predicted molar refractivity (Wildman–Crippen MR) is 88.2 cm³/mol. The van der Waals surface area contributed by atoms with Crippen LogP contribution in [0.25, 0.3) is 0 Å². The van der Waals surface area contributed by atoms with E-state index in [1.165, 1.54) is 0 Å². The number of ether oxygens (including phenoxy) is 1. The SMILES string of the molecule is O=C1CCOCC1C(Nc1ccccc1)c1ccc(Cl)cc1. The summed E-state index contributed by atoms with van der Waals surface area (Å²) in [5, 5.41) is 4.16. The molecule has 3 rings (SSSR count). The summed E-state index contributed by atoms with van der Waals surface area (Å²) in [7, 11) is 0. The highest BCUT2D eigenvalue weighted by Crippen LogP contribution is 2.31. The lowest BCUT2D eigenvalue weighted by Gasteiger charge is -2.31. The summed E-state index contributed by atoms with van der Waals surface area (Å²) in [5.74, 6) is 0.0600. The third-order valence-electron chi connectivity index (χ3n) is 3.93. The van der Waals surface area contributed by atoms with Crippen molar-refractivity contribution < 1.29 is 9.53 Å². The number of Topliss-reactive ketones (excluding diaryl/α,β-unsaturated/α-hetero) is 1. The van der Waals surface area contributed by atoms with E-state index < -0.39 is 0 Å². The minimum atomic E-state index is -0.185. The minimum absolute atomic E-state index is 0.118. The van der Waals surface area contributed by atoms with Gasteiger partial charge in [0.15, 0.2) is 0 Å². The zero-order valence-electron chi connectivity index (χ0n) is 12.2. The molecule has 1 heterocycles. The summed E-state index contributed by atoms with van der Waals surface area (Å²) in [4.78, 5) is 12.3. The Balaban J connectivity index is 1.90. The van der Waals surface area contributed by atoms with E-state index in [2.05, 4.69) is 5.32 Å². The number of para-hydroxylation sites is 1. The van der Waals surface area contributed by atoms with Crippen LogP contribution >= 0.6 is 11.6 Å². The number of ketones is 1. The van der Waals surface area contributed by atoms with Crippen molar-refractivity contribution in [3.05, 3.63) is 65.2 Å². The first-order valence-corrected chi connectivity index (χ1v) is 7.79. The van der Waals surface area contributed by atoms with E-state index in [1.807, 2.05) is 54.6 Å². The largest absolute Gasteiger partial charge is 0.380 e. The lowest BCUT2D eigenvalue weighted by molar-refractivity contribution is -0.131. The Bertz CT molecular complexity index is 627. The second-order valence-electron chi connectivity index (χ2n) is 5.44. The molecule has 4 heteroatoms. The van der Waals surface area contributed by atoms with Crippen molar-refractivity contribution in [2.45, 2.75) is 12.5 Å². The van der Waals surface area contributed by atoms with E-state index in [0.29, 0.717) is 24.7 Å². The zero-order chi connectivity index (χ0) is 15.4. The Hall–Kier alpha value is -1.84. The number of benzene rings is 2. The van der Waals surface area contributed by atoms with Crippen LogP contribution in [0.3, 0.4) is 0 Å². The lowest BCUT2D eigenvalue weighted by Crippen LogP contribution is -2.35. The molecular formula is C18H18ClNO2. The fourth-order valence-electron chi connectivity index (χ4n) is 2.74. The lowest BCUT2D eigenvalue weighted by atomic mass is 9.87. The molecule has 0 bridgehead atoms. The predicted octanol–water partition coefficient (Wildman–Crippen LogP) is 4.10. The minimum Gasteiger partial charge on any atom is -0.380 e. The average Bonchev–Trinajstić information content (AvgIpc) is 2.55. The fourth-order valence-corrected chi connectivity index (χ4v) is 2.87. The molecule has 0 spiro atoms. The van der Waals surface area contributed by atoms with E-state index in [4.69, 9.17) is 16.3 Å².